The van der Waals surface area contributed by atoms with Crippen LogP contribution in [0.15, 0.2) is 4.90 Å². The number of hydrogen-bond acceptors (Lipinski definition) is 3. The van der Waals surface area contributed by atoms with Gasteiger partial charge in [-0.1, -0.05) is 0 Å². The van der Waals surface area contributed by atoms with Gasteiger partial charge in [0, 0.05) is 6.54 Å². The maximum atomic E-state index is 12.9. The van der Waals surface area contributed by atoms with E-state index in [0.29, 0.717) is 23.3 Å². The monoisotopic (exact) mass is 352 g/mol. The maximum absolute atomic E-state index is 12.9. The van der Waals surface area contributed by atoms with E-state index in [1.54, 1.807) is 0 Å². The van der Waals surface area contributed by atoms with Crippen molar-refractivity contribution in [1.82, 2.24) is 4.72 Å². The number of benzene rings is 1. The van der Waals surface area contributed by atoms with Crippen molar-refractivity contribution >= 4 is 10.0 Å². The van der Waals surface area contributed by atoms with Gasteiger partial charge in [0.15, 0.2) is 0 Å². The van der Waals surface area contributed by atoms with E-state index in [1.807, 2.05) is 27.7 Å². The second kappa shape index (κ2) is 7.54. The normalized spacial score (nSPS) is 21.9. The van der Waals surface area contributed by atoms with E-state index in [4.69, 9.17) is 5.73 Å². The van der Waals surface area contributed by atoms with E-state index in [0.717, 1.165) is 54.5 Å². The molecule has 4 nitrogen and oxygen atoms in total. The Morgan fingerprint density at radius 3 is 1.71 bits per heavy atom. The van der Waals surface area contributed by atoms with Gasteiger partial charge in [-0.2, -0.15) is 0 Å². The number of sulfonamides is 1. The van der Waals surface area contributed by atoms with Gasteiger partial charge < -0.3 is 5.73 Å². The first-order valence-corrected chi connectivity index (χ1v) is 10.4. The Morgan fingerprint density at radius 1 is 0.833 bits per heavy atom. The Labute approximate surface area is 147 Å². The minimum atomic E-state index is -3.48. The van der Waals surface area contributed by atoms with E-state index in [9.17, 15) is 8.42 Å². The molecule has 0 amide bonds. The Hall–Kier alpha value is -0.910. The lowest BCUT2D eigenvalue weighted by Gasteiger charge is -2.28. The molecule has 0 bridgehead atoms. The SMILES string of the molecule is Cc1c(C)c(C)c(S(=O)(=O)NCC2CCC(CN)CC2)c(C)c1C. The van der Waals surface area contributed by atoms with Crippen LogP contribution in [0.25, 0.3) is 0 Å². The molecule has 0 aromatic heterocycles. The lowest BCUT2D eigenvalue weighted by molar-refractivity contribution is 0.280. The molecule has 0 radical (unpaired) electrons. The first-order chi connectivity index (χ1) is 11.2. The van der Waals surface area contributed by atoms with E-state index < -0.39 is 10.0 Å². The predicted octanol–water partition coefficient (Wildman–Crippen LogP) is 3.27. The lowest BCUT2D eigenvalue weighted by atomic mass is 9.82. The van der Waals surface area contributed by atoms with Crippen molar-refractivity contribution in [2.75, 3.05) is 13.1 Å². The Balaban J connectivity index is 2.17. The smallest absolute Gasteiger partial charge is 0.241 e. The summed E-state index contributed by atoms with van der Waals surface area (Å²) in [5, 5.41) is 0. The van der Waals surface area contributed by atoms with Gasteiger partial charge in [-0.05, 0) is 106 Å². The molecule has 1 aromatic carbocycles. The van der Waals surface area contributed by atoms with Crippen LogP contribution in [0, 0.1) is 46.5 Å². The first kappa shape index (κ1) is 19.4. The summed E-state index contributed by atoms with van der Waals surface area (Å²) < 4.78 is 28.7. The van der Waals surface area contributed by atoms with Crippen molar-refractivity contribution in [3.8, 4) is 0 Å². The lowest BCUT2D eigenvalue weighted by Crippen LogP contribution is -2.33. The molecule has 1 aliphatic carbocycles. The fourth-order valence-electron chi connectivity index (χ4n) is 3.84. The van der Waals surface area contributed by atoms with Crippen molar-refractivity contribution in [3.05, 3.63) is 27.8 Å². The van der Waals surface area contributed by atoms with Gasteiger partial charge in [0.1, 0.15) is 0 Å². The van der Waals surface area contributed by atoms with Crippen LogP contribution in [0.5, 0.6) is 0 Å². The molecule has 1 fully saturated rings. The van der Waals surface area contributed by atoms with Crippen LogP contribution < -0.4 is 10.5 Å². The molecular weight excluding hydrogens is 320 g/mol. The molecule has 136 valence electrons. The van der Waals surface area contributed by atoms with Gasteiger partial charge in [-0.15, -0.1) is 0 Å². The van der Waals surface area contributed by atoms with E-state index in [2.05, 4.69) is 11.6 Å². The van der Waals surface area contributed by atoms with Crippen LogP contribution in [0.4, 0.5) is 0 Å². The third-order valence-corrected chi connectivity index (χ3v) is 7.76. The summed E-state index contributed by atoms with van der Waals surface area (Å²) >= 11 is 0. The van der Waals surface area contributed by atoms with Gasteiger partial charge >= 0.3 is 0 Å². The number of hydrogen-bond donors (Lipinski definition) is 2. The highest BCUT2D eigenvalue weighted by Crippen LogP contribution is 2.31. The minimum Gasteiger partial charge on any atom is -0.330 e. The van der Waals surface area contributed by atoms with Crippen molar-refractivity contribution in [1.29, 1.82) is 0 Å². The molecule has 1 saturated carbocycles. The largest absolute Gasteiger partial charge is 0.330 e. The zero-order chi connectivity index (χ0) is 18.1. The highest BCUT2D eigenvalue weighted by atomic mass is 32.2. The molecule has 0 unspecified atom stereocenters. The maximum Gasteiger partial charge on any atom is 0.241 e. The first-order valence-electron chi connectivity index (χ1n) is 8.95. The average molecular weight is 353 g/mol. The summed E-state index contributed by atoms with van der Waals surface area (Å²) in [5.41, 5.74) is 10.8. The molecule has 1 aliphatic rings. The van der Waals surface area contributed by atoms with E-state index >= 15 is 0 Å². The van der Waals surface area contributed by atoms with Crippen LogP contribution in [-0.2, 0) is 10.0 Å². The van der Waals surface area contributed by atoms with E-state index in [-0.39, 0.29) is 0 Å². The second-order valence-electron chi connectivity index (χ2n) is 7.43. The summed E-state index contributed by atoms with van der Waals surface area (Å²) in [6.45, 7) is 11.2. The molecule has 0 aliphatic heterocycles. The molecular formula is C19H32N2O2S. The van der Waals surface area contributed by atoms with Gasteiger partial charge in [0.25, 0.3) is 0 Å². The standard InChI is InChI=1S/C19H32N2O2S/c1-12-13(2)15(4)19(16(5)14(12)3)24(22,23)21-11-18-8-6-17(10-20)7-9-18/h17-18,21H,6-11,20H2,1-5H3. The zero-order valence-corrected chi connectivity index (χ0v) is 16.5. The number of nitrogens with two attached hydrogens (primary N) is 1. The molecule has 0 spiro atoms. The van der Waals surface area contributed by atoms with Gasteiger partial charge in [-0.3, -0.25) is 0 Å². The van der Waals surface area contributed by atoms with Gasteiger partial charge in [0.05, 0.1) is 4.90 Å². The number of rotatable bonds is 5. The van der Waals surface area contributed by atoms with E-state index in [1.165, 1.54) is 5.56 Å². The van der Waals surface area contributed by atoms with Gasteiger partial charge in [0.2, 0.25) is 10.0 Å². The molecule has 5 heteroatoms. The van der Waals surface area contributed by atoms with Crippen molar-refractivity contribution < 1.29 is 8.42 Å². The summed E-state index contributed by atoms with van der Waals surface area (Å²) in [5.74, 6) is 1.04. The fraction of sp³-hybridized carbons (Fsp3) is 0.684. The molecule has 1 aromatic rings. The summed E-state index contributed by atoms with van der Waals surface area (Å²) in [7, 11) is -3.48. The Bertz CT molecular complexity index is 674. The zero-order valence-electron chi connectivity index (χ0n) is 15.7. The summed E-state index contributed by atoms with van der Waals surface area (Å²) in [6, 6.07) is 0. The fourth-order valence-corrected chi connectivity index (χ4v) is 5.55. The minimum absolute atomic E-state index is 0.427. The van der Waals surface area contributed by atoms with Crippen LogP contribution in [0.1, 0.15) is 53.5 Å². The van der Waals surface area contributed by atoms with Crippen LogP contribution in [0.3, 0.4) is 0 Å². The molecule has 2 rings (SSSR count). The van der Waals surface area contributed by atoms with Crippen molar-refractivity contribution in [2.45, 2.75) is 65.2 Å². The van der Waals surface area contributed by atoms with Gasteiger partial charge in [-0.25, -0.2) is 13.1 Å². The highest BCUT2D eigenvalue weighted by molar-refractivity contribution is 7.89. The molecule has 0 atom stereocenters. The summed E-state index contributed by atoms with van der Waals surface area (Å²) in [4.78, 5) is 0.471. The quantitative estimate of drug-likeness (QED) is 0.854. The van der Waals surface area contributed by atoms with Crippen molar-refractivity contribution in [3.63, 3.8) is 0 Å². The second-order valence-corrected chi connectivity index (χ2v) is 9.13. The third kappa shape index (κ3) is 3.84. The average Bonchev–Trinajstić information content (AvgIpc) is 2.57. The molecule has 24 heavy (non-hydrogen) atoms. The molecule has 0 saturated heterocycles. The Kier molecular flexibility index (Phi) is 6.10. The highest BCUT2D eigenvalue weighted by Gasteiger charge is 2.26. The summed E-state index contributed by atoms with van der Waals surface area (Å²) in [6.07, 6.45) is 4.36. The predicted molar refractivity (Wildman–Crippen MR) is 99.8 cm³/mol. The van der Waals surface area contributed by atoms with Crippen LogP contribution in [0.2, 0.25) is 0 Å². The number of nitrogens with one attached hydrogen (secondary N) is 1. The van der Waals surface area contributed by atoms with Crippen LogP contribution in [-0.4, -0.2) is 21.5 Å². The topological polar surface area (TPSA) is 72.2 Å². The Morgan fingerprint density at radius 2 is 1.25 bits per heavy atom. The third-order valence-electron chi connectivity index (χ3n) is 6.06. The molecule has 0 heterocycles. The molecule has 3 N–H and O–H groups in total. The van der Waals surface area contributed by atoms with Crippen molar-refractivity contribution in [2.24, 2.45) is 17.6 Å². The van der Waals surface area contributed by atoms with Crippen LogP contribution >= 0.6 is 0 Å².